The van der Waals surface area contributed by atoms with Gasteiger partial charge in [0.15, 0.2) is 0 Å². The molecule has 2 unspecified atom stereocenters. The van der Waals surface area contributed by atoms with E-state index in [1.165, 1.54) is 6.07 Å². The number of anilines is 1. The van der Waals surface area contributed by atoms with Crippen molar-refractivity contribution in [3.05, 3.63) is 29.3 Å². The monoisotopic (exact) mass is 273 g/mol. The zero-order valence-electron chi connectivity index (χ0n) is 11.0. The Bertz CT molecular complexity index is 458. The van der Waals surface area contributed by atoms with E-state index in [1.54, 1.807) is 6.07 Å². The fourth-order valence-electron chi connectivity index (χ4n) is 2.80. The molecule has 0 amide bonds. The summed E-state index contributed by atoms with van der Waals surface area (Å²) in [5, 5.41) is 9.02. The summed E-state index contributed by atoms with van der Waals surface area (Å²) in [6, 6.07) is 4.43. The highest BCUT2D eigenvalue weighted by molar-refractivity contribution is 5.53. The van der Waals surface area contributed by atoms with Crippen LogP contribution in [0.3, 0.4) is 0 Å². The van der Waals surface area contributed by atoms with Crippen molar-refractivity contribution < 1.29 is 18.3 Å². The van der Waals surface area contributed by atoms with Crippen LogP contribution in [0.25, 0.3) is 0 Å². The van der Waals surface area contributed by atoms with E-state index in [4.69, 9.17) is 5.11 Å². The minimum atomic E-state index is -4.43. The van der Waals surface area contributed by atoms with Gasteiger partial charge in [0.1, 0.15) is 0 Å². The van der Waals surface area contributed by atoms with Gasteiger partial charge in [-0.25, -0.2) is 0 Å². The number of aliphatic hydroxyl groups is 1. The Morgan fingerprint density at radius 1 is 1.32 bits per heavy atom. The van der Waals surface area contributed by atoms with E-state index in [1.807, 2.05) is 11.8 Å². The van der Waals surface area contributed by atoms with Crippen LogP contribution < -0.4 is 4.90 Å². The molecule has 2 atom stereocenters. The van der Waals surface area contributed by atoms with Crippen molar-refractivity contribution in [2.75, 3.05) is 11.4 Å². The van der Waals surface area contributed by atoms with Crippen molar-refractivity contribution in [3.63, 3.8) is 0 Å². The van der Waals surface area contributed by atoms with Gasteiger partial charge in [-0.3, -0.25) is 0 Å². The number of benzene rings is 1. The van der Waals surface area contributed by atoms with Crippen molar-refractivity contribution >= 4 is 5.69 Å². The topological polar surface area (TPSA) is 23.5 Å². The molecule has 2 nitrogen and oxygen atoms in total. The lowest BCUT2D eigenvalue weighted by Crippen LogP contribution is -2.27. The lowest BCUT2D eigenvalue weighted by Gasteiger charge is -2.25. The number of nitrogens with zero attached hydrogens (tertiary/aromatic N) is 1. The van der Waals surface area contributed by atoms with Crippen LogP contribution in [0, 0.1) is 5.92 Å². The second-order valence-electron chi connectivity index (χ2n) is 5.34. The lowest BCUT2D eigenvalue weighted by atomic mass is 10.1. The Morgan fingerprint density at radius 2 is 2.00 bits per heavy atom. The van der Waals surface area contributed by atoms with Gasteiger partial charge in [-0.05, 0) is 37.0 Å². The van der Waals surface area contributed by atoms with E-state index >= 15 is 0 Å². The number of aliphatic hydroxyl groups excluding tert-OH is 1. The molecule has 2 rings (SSSR count). The van der Waals surface area contributed by atoms with Gasteiger partial charge in [-0.15, -0.1) is 0 Å². The average molecular weight is 273 g/mol. The molecule has 1 N–H and O–H groups in total. The fraction of sp³-hybridized carbons (Fsp3) is 0.571. The smallest absolute Gasteiger partial charge is 0.392 e. The van der Waals surface area contributed by atoms with E-state index < -0.39 is 18.3 Å². The summed E-state index contributed by atoms with van der Waals surface area (Å²) in [4.78, 5) is 2.00. The molecule has 1 saturated heterocycles. The normalized spacial score (nSPS) is 24.0. The van der Waals surface area contributed by atoms with Gasteiger partial charge in [0.05, 0.1) is 12.2 Å². The van der Waals surface area contributed by atoms with Gasteiger partial charge >= 0.3 is 6.18 Å². The van der Waals surface area contributed by atoms with Crippen LogP contribution in [-0.4, -0.2) is 17.7 Å². The zero-order chi connectivity index (χ0) is 14.2. The Hall–Kier alpha value is -1.23. The molecule has 0 aromatic heterocycles. The summed E-state index contributed by atoms with van der Waals surface area (Å²) in [6.07, 6.45) is -3.44. The van der Waals surface area contributed by atoms with Crippen LogP contribution in [-0.2, 0) is 12.8 Å². The van der Waals surface area contributed by atoms with E-state index in [0.29, 0.717) is 11.6 Å². The van der Waals surface area contributed by atoms with Gasteiger partial charge < -0.3 is 10.0 Å². The van der Waals surface area contributed by atoms with Gasteiger partial charge in [-0.2, -0.15) is 13.2 Å². The molecule has 0 spiro atoms. The summed E-state index contributed by atoms with van der Waals surface area (Å²) >= 11 is 0. The molecule has 1 aliphatic rings. The first-order valence-electron chi connectivity index (χ1n) is 6.40. The Balaban J connectivity index is 2.38. The Kier molecular flexibility index (Phi) is 3.76. The van der Waals surface area contributed by atoms with Gasteiger partial charge in [-0.1, -0.05) is 13.0 Å². The fourth-order valence-corrected chi connectivity index (χ4v) is 2.80. The summed E-state index contributed by atoms with van der Waals surface area (Å²) in [6.45, 7) is 4.30. The predicted molar refractivity (Wildman–Crippen MR) is 68.0 cm³/mol. The highest BCUT2D eigenvalue weighted by atomic mass is 19.4. The number of hydrogen-bond acceptors (Lipinski definition) is 2. The third kappa shape index (κ3) is 2.86. The van der Waals surface area contributed by atoms with Crippen LogP contribution in [0.1, 0.15) is 31.4 Å². The first-order valence-corrected chi connectivity index (χ1v) is 6.40. The van der Waals surface area contributed by atoms with E-state index in [9.17, 15) is 13.2 Å². The molecule has 0 bridgehead atoms. The van der Waals surface area contributed by atoms with Gasteiger partial charge in [0.2, 0.25) is 0 Å². The standard InChI is InChI=1S/C14H18F3NO/c1-9-5-10(2)18(7-9)12-4-3-11(8-19)13(6-12)14(15,16)17/h3-4,6,9-10,19H,5,7-8H2,1-2H3. The van der Waals surface area contributed by atoms with Crippen LogP contribution in [0.5, 0.6) is 0 Å². The minimum absolute atomic E-state index is 0.0730. The first-order chi connectivity index (χ1) is 8.82. The van der Waals surface area contributed by atoms with E-state index in [0.717, 1.165) is 19.0 Å². The molecule has 1 aliphatic heterocycles. The van der Waals surface area contributed by atoms with Crippen LogP contribution in [0.15, 0.2) is 18.2 Å². The highest BCUT2D eigenvalue weighted by Gasteiger charge is 2.35. The molecule has 5 heteroatoms. The van der Waals surface area contributed by atoms with Crippen LogP contribution in [0.2, 0.25) is 0 Å². The zero-order valence-corrected chi connectivity index (χ0v) is 11.0. The molecule has 1 heterocycles. The first kappa shape index (κ1) is 14.2. The van der Waals surface area contributed by atoms with Gasteiger partial charge in [0.25, 0.3) is 0 Å². The maximum atomic E-state index is 12.9. The molecular weight excluding hydrogens is 255 g/mol. The molecular formula is C14H18F3NO. The Morgan fingerprint density at radius 3 is 2.47 bits per heavy atom. The molecule has 106 valence electrons. The lowest BCUT2D eigenvalue weighted by molar-refractivity contribution is -0.138. The summed E-state index contributed by atoms with van der Waals surface area (Å²) in [5.41, 5.74) is -0.225. The van der Waals surface area contributed by atoms with Crippen LogP contribution in [0.4, 0.5) is 18.9 Å². The molecule has 19 heavy (non-hydrogen) atoms. The van der Waals surface area contributed by atoms with Crippen molar-refractivity contribution in [3.8, 4) is 0 Å². The molecule has 0 saturated carbocycles. The van der Waals surface area contributed by atoms with Crippen molar-refractivity contribution in [1.82, 2.24) is 0 Å². The molecule has 0 aliphatic carbocycles. The van der Waals surface area contributed by atoms with Crippen molar-refractivity contribution in [2.24, 2.45) is 5.92 Å². The SMILES string of the molecule is CC1CC(C)N(c2ccc(CO)c(C(F)(F)F)c2)C1. The highest BCUT2D eigenvalue weighted by Crippen LogP contribution is 2.37. The molecule has 1 fully saturated rings. The quantitative estimate of drug-likeness (QED) is 0.892. The third-order valence-electron chi connectivity index (χ3n) is 3.68. The maximum absolute atomic E-state index is 12.9. The second kappa shape index (κ2) is 5.04. The minimum Gasteiger partial charge on any atom is -0.392 e. The van der Waals surface area contributed by atoms with Crippen molar-refractivity contribution in [2.45, 2.75) is 39.1 Å². The summed E-state index contributed by atoms with van der Waals surface area (Å²) in [5.74, 6) is 0.488. The molecule has 1 aromatic carbocycles. The number of alkyl halides is 3. The second-order valence-corrected chi connectivity index (χ2v) is 5.34. The number of hydrogen-bond donors (Lipinski definition) is 1. The summed E-state index contributed by atoms with van der Waals surface area (Å²) < 4.78 is 38.8. The number of rotatable bonds is 2. The Labute approximate surface area is 110 Å². The molecule has 1 aromatic rings. The summed E-state index contributed by atoms with van der Waals surface area (Å²) in [7, 11) is 0. The van der Waals surface area contributed by atoms with Gasteiger partial charge in [0, 0.05) is 18.3 Å². The van der Waals surface area contributed by atoms with Crippen molar-refractivity contribution in [1.29, 1.82) is 0 Å². The molecule has 0 radical (unpaired) electrons. The van der Waals surface area contributed by atoms with Crippen LogP contribution >= 0.6 is 0 Å². The third-order valence-corrected chi connectivity index (χ3v) is 3.68. The van der Waals surface area contributed by atoms with E-state index in [2.05, 4.69) is 6.92 Å². The predicted octanol–water partition coefficient (Wildman–Crippen LogP) is 3.43. The van der Waals surface area contributed by atoms with E-state index in [-0.39, 0.29) is 11.6 Å². The largest absolute Gasteiger partial charge is 0.416 e. The average Bonchev–Trinajstić information content (AvgIpc) is 2.66. The number of halogens is 3. The maximum Gasteiger partial charge on any atom is 0.416 e.